The van der Waals surface area contributed by atoms with Gasteiger partial charge < -0.3 is 4.90 Å². The van der Waals surface area contributed by atoms with Crippen molar-refractivity contribution in [2.75, 3.05) is 20.1 Å². The number of rotatable bonds is 3. The average molecular weight is 379 g/mol. The van der Waals surface area contributed by atoms with Gasteiger partial charge >= 0.3 is 17.1 Å². The first kappa shape index (κ1) is 20.2. The van der Waals surface area contributed by atoms with E-state index < -0.39 is 0 Å². The monoisotopic (exact) mass is 379 g/mol. The zero-order chi connectivity index (χ0) is 16.1. The molecule has 1 aromatic heterocycles. The van der Waals surface area contributed by atoms with Crippen LogP contribution in [0.15, 0.2) is 17.5 Å². The summed E-state index contributed by atoms with van der Waals surface area (Å²) in [4.78, 5) is 16.1. The third kappa shape index (κ3) is 5.17. The molecule has 0 spiro atoms. The van der Waals surface area contributed by atoms with Crippen molar-refractivity contribution in [1.82, 2.24) is 4.90 Å². The number of ketones is 1. The molecule has 0 amide bonds. The minimum atomic E-state index is 0. The molecule has 2 heterocycles. The molecule has 4 rings (SSSR count). The van der Waals surface area contributed by atoms with Crippen LogP contribution in [0.5, 0.6) is 0 Å². The minimum Gasteiger partial charge on any atom is -0.305 e. The van der Waals surface area contributed by atoms with Gasteiger partial charge in [-0.2, -0.15) is 0 Å². The molecule has 2 atom stereocenters. The van der Waals surface area contributed by atoms with E-state index in [0.717, 1.165) is 19.0 Å². The molecule has 24 heavy (non-hydrogen) atoms. The molecule has 4 heteroatoms. The summed E-state index contributed by atoms with van der Waals surface area (Å²) in [5, 5.41) is 2.09. The van der Waals surface area contributed by atoms with Gasteiger partial charge in [0.15, 0.2) is 0 Å². The van der Waals surface area contributed by atoms with Crippen LogP contribution >= 0.6 is 11.3 Å². The molecule has 0 aromatic carbocycles. The van der Waals surface area contributed by atoms with Crippen molar-refractivity contribution < 1.29 is 21.9 Å². The van der Waals surface area contributed by atoms with Crippen molar-refractivity contribution in [2.24, 2.45) is 5.92 Å². The number of hydrogen-bond acceptors (Lipinski definition) is 3. The summed E-state index contributed by atoms with van der Waals surface area (Å²) >= 11 is 1.76. The van der Waals surface area contributed by atoms with E-state index in [1.54, 1.807) is 11.3 Å². The Balaban J connectivity index is 0.000000300. The zero-order valence-electron chi connectivity index (χ0n) is 13.6. The van der Waals surface area contributed by atoms with Crippen LogP contribution < -0.4 is 0 Å². The van der Waals surface area contributed by atoms with Crippen LogP contribution in [0.25, 0.3) is 0 Å². The van der Waals surface area contributed by atoms with Crippen LogP contribution in [0.3, 0.4) is 0 Å². The first-order valence-corrected chi connectivity index (χ1v) is 8.78. The van der Waals surface area contributed by atoms with E-state index in [4.69, 9.17) is 0 Å². The van der Waals surface area contributed by atoms with Crippen molar-refractivity contribution in [2.45, 2.75) is 5.92 Å². The second kappa shape index (κ2) is 10.1. The molecule has 1 aliphatic heterocycles. The van der Waals surface area contributed by atoms with E-state index in [2.05, 4.69) is 29.5 Å². The molecule has 0 N–H and O–H groups in total. The summed E-state index contributed by atoms with van der Waals surface area (Å²) in [6.45, 7) is 1.85. The first-order valence-electron chi connectivity index (χ1n) is 7.90. The smallest absolute Gasteiger partial charge is 0.305 e. The van der Waals surface area contributed by atoms with Crippen molar-refractivity contribution in [3.05, 3.63) is 86.1 Å². The third-order valence-electron chi connectivity index (χ3n) is 4.25. The maximum atomic E-state index is 12.5. The number of likely N-dealkylation sites (N-methyl/N-ethyl adjacent to an activating group) is 1. The van der Waals surface area contributed by atoms with Gasteiger partial charge in [0.05, 0.1) is 0 Å². The summed E-state index contributed by atoms with van der Waals surface area (Å²) in [5.41, 5.74) is 0. The topological polar surface area (TPSA) is 20.3 Å². The molecule has 2 aliphatic carbocycles. The van der Waals surface area contributed by atoms with Gasteiger partial charge in [-0.3, -0.25) is 4.79 Å². The second-order valence-electron chi connectivity index (χ2n) is 5.95. The summed E-state index contributed by atoms with van der Waals surface area (Å²) in [6.07, 6.45) is 17.7. The standard InChI is InChI=1S/C15H16NOS.C5H5.Fe/c1-16-9-12(14-7-4-8-18-14)13(10-16)15(17)11-5-2-3-6-11;1-2-4-5-3-1;/h2-8,12-13H,9-10H2,1H3;1-5H;/q;;+2. The van der Waals surface area contributed by atoms with E-state index in [1.165, 1.54) is 4.88 Å². The average Bonchev–Trinajstić information content (AvgIpc) is 3.34. The summed E-state index contributed by atoms with van der Waals surface area (Å²) in [6, 6.07) is 4.22. The number of likely N-dealkylation sites (tertiary alicyclic amines) is 1. The maximum absolute atomic E-state index is 12.5. The Kier molecular flexibility index (Phi) is 8.49. The molecule has 124 valence electrons. The van der Waals surface area contributed by atoms with E-state index in [1.807, 2.05) is 57.8 Å². The maximum Gasteiger partial charge on any atom is 2.00 e. The van der Waals surface area contributed by atoms with Crippen molar-refractivity contribution in [1.29, 1.82) is 0 Å². The quantitative estimate of drug-likeness (QED) is 0.751. The fraction of sp³-hybridized carbons (Fsp3) is 0.250. The Morgan fingerprint density at radius 2 is 1.67 bits per heavy atom. The Labute approximate surface area is 161 Å². The van der Waals surface area contributed by atoms with Crippen LogP contribution in [-0.4, -0.2) is 30.8 Å². The number of thiophene rings is 1. The van der Waals surface area contributed by atoms with E-state index in [-0.39, 0.29) is 23.0 Å². The largest absolute Gasteiger partial charge is 2.00 e. The van der Waals surface area contributed by atoms with Gasteiger partial charge in [-0.1, -0.05) is 6.07 Å². The van der Waals surface area contributed by atoms with Gasteiger partial charge in [-0.15, -0.1) is 11.3 Å². The summed E-state index contributed by atoms with van der Waals surface area (Å²) < 4.78 is 0. The second-order valence-corrected chi connectivity index (χ2v) is 6.93. The van der Waals surface area contributed by atoms with Gasteiger partial charge in [0.25, 0.3) is 0 Å². The van der Waals surface area contributed by atoms with E-state index in [0.29, 0.717) is 11.7 Å². The predicted molar refractivity (Wildman–Crippen MR) is 95.0 cm³/mol. The molecule has 10 radical (unpaired) electrons. The van der Waals surface area contributed by atoms with Crippen LogP contribution in [0.4, 0.5) is 0 Å². The van der Waals surface area contributed by atoms with E-state index in [9.17, 15) is 4.79 Å². The van der Waals surface area contributed by atoms with Crippen LogP contribution in [0.2, 0.25) is 0 Å². The fourth-order valence-corrected chi connectivity index (χ4v) is 4.01. The minimum absolute atomic E-state index is 0. The first-order chi connectivity index (χ1) is 11.3. The number of carbonyl (C=O) groups is 1. The van der Waals surface area contributed by atoms with Crippen molar-refractivity contribution in [3.8, 4) is 0 Å². The van der Waals surface area contributed by atoms with E-state index >= 15 is 0 Å². The van der Waals surface area contributed by atoms with Crippen LogP contribution in [-0.2, 0) is 21.9 Å². The van der Waals surface area contributed by atoms with Gasteiger partial charge in [-0.25, -0.2) is 0 Å². The molecule has 2 unspecified atom stereocenters. The zero-order valence-corrected chi connectivity index (χ0v) is 15.5. The molecule has 1 saturated heterocycles. The SMILES string of the molecule is CN1CC(C(=O)[C]2[CH][CH][CH][CH]2)C(c2cccs2)C1.[CH]1[CH][CH][CH][CH]1.[Fe+2]. The fourth-order valence-electron chi connectivity index (χ4n) is 3.13. The molecule has 3 fully saturated rings. The van der Waals surface area contributed by atoms with Crippen molar-refractivity contribution in [3.63, 3.8) is 0 Å². The molecule has 2 saturated carbocycles. The number of nitrogens with zero attached hydrogens (tertiary/aromatic N) is 1. The Morgan fingerprint density at radius 3 is 2.21 bits per heavy atom. The number of hydrogen-bond donors (Lipinski definition) is 0. The summed E-state index contributed by atoms with van der Waals surface area (Å²) in [7, 11) is 2.10. The number of Topliss-reactive ketones (excluding diaryl/α,β-unsaturated/α-hetero) is 1. The summed E-state index contributed by atoms with van der Waals surface area (Å²) in [5.74, 6) is 1.62. The third-order valence-corrected chi connectivity index (χ3v) is 5.25. The Morgan fingerprint density at radius 1 is 1.04 bits per heavy atom. The molecule has 0 bridgehead atoms. The normalized spacial score (nSPS) is 27.5. The molecular formula is C20H21FeNOS+2. The Hall–Kier alpha value is -0.151. The molecular weight excluding hydrogens is 358 g/mol. The van der Waals surface area contributed by atoms with Gasteiger partial charge in [0.2, 0.25) is 0 Å². The van der Waals surface area contributed by atoms with Crippen molar-refractivity contribution >= 4 is 17.1 Å². The van der Waals surface area contributed by atoms with Crippen LogP contribution in [0.1, 0.15) is 10.8 Å². The molecule has 2 nitrogen and oxygen atoms in total. The van der Waals surface area contributed by atoms with Crippen LogP contribution in [0, 0.1) is 69.6 Å². The number of carbonyl (C=O) groups excluding carboxylic acids is 1. The Bertz CT molecular complexity index is 472. The van der Waals surface area contributed by atoms with Gasteiger partial charge in [-0.05, 0) is 76.3 Å². The van der Waals surface area contributed by atoms with Gasteiger partial charge in [0, 0.05) is 35.7 Å². The molecule has 1 aromatic rings. The predicted octanol–water partition coefficient (Wildman–Crippen LogP) is 3.39. The van der Waals surface area contributed by atoms with Gasteiger partial charge in [0.1, 0.15) is 5.78 Å². The molecule has 3 aliphatic rings.